The van der Waals surface area contributed by atoms with Crippen LogP contribution in [-0.4, -0.2) is 16.9 Å². The second kappa shape index (κ2) is 6.57. The molecule has 1 saturated heterocycles. The second-order valence-corrected chi connectivity index (χ2v) is 5.74. The highest BCUT2D eigenvalue weighted by Crippen LogP contribution is 2.16. The lowest BCUT2D eigenvalue weighted by molar-refractivity contribution is -0.115. The predicted molar refractivity (Wildman–Crippen MR) is 98.6 cm³/mol. The van der Waals surface area contributed by atoms with Gasteiger partial charge in [-0.2, -0.15) is 0 Å². The Morgan fingerprint density at radius 3 is 2.76 bits per heavy atom. The van der Waals surface area contributed by atoms with Gasteiger partial charge in [0.1, 0.15) is 5.70 Å². The van der Waals surface area contributed by atoms with Gasteiger partial charge in [0.2, 0.25) is 5.96 Å². The summed E-state index contributed by atoms with van der Waals surface area (Å²) in [7, 11) is 0. The third kappa shape index (κ3) is 3.40. The molecule has 122 valence electrons. The van der Waals surface area contributed by atoms with Crippen molar-refractivity contribution < 1.29 is 4.79 Å². The number of hydrogen-bond donors (Lipinski definition) is 2. The Labute approximate surface area is 145 Å². The standard InChI is InChI=1S/C20H16N4O/c25-19-18(12-15-8-9-17-16(11-15)7-4-10-21-17)23-20(24-19)22-13-14-5-2-1-3-6-14/h1-12H,13H2,(H2,22,23,24,25)/b18-12-. The third-order valence-electron chi connectivity index (χ3n) is 3.93. The lowest BCUT2D eigenvalue weighted by Crippen LogP contribution is -2.25. The fraction of sp³-hybridized carbons (Fsp3) is 0.0500. The molecule has 2 aromatic carbocycles. The molecule has 1 fully saturated rings. The van der Waals surface area contributed by atoms with Gasteiger partial charge in [0.05, 0.1) is 12.1 Å². The van der Waals surface area contributed by atoms with Crippen molar-refractivity contribution in [3.8, 4) is 0 Å². The monoisotopic (exact) mass is 328 g/mol. The number of nitrogens with zero attached hydrogens (tertiary/aromatic N) is 2. The maximum Gasteiger partial charge on any atom is 0.274 e. The van der Waals surface area contributed by atoms with Crippen LogP contribution >= 0.6 is 0 Å². The lowest BCUT2D eigenvalue weighted by Gasteiger charge is -2.00. The normalized spacial score (nSPS) is 17.0. The third-order valence-corrected chi connectivity index (χ3v) is 3.93. The summed E-state index contributed by atoms with van der Waals surface area (Å²) < 4.78 is 0. The van der Waals surface area contributed by atoms with Gasteiger partial charge in [-0.25, -0.2) is 4.99 Å². The van der Waals surface area contributed by atoms with Gasteiger partial charge in [-0.15, -0.1) is 0 Å². The molecule has 2 heterocycles. The van der Waals surface area contributed by atoms with Crippen LogP contribution in [0.2, 0.25) is 0 Å². The van der Waals surface area contributed by atoms with E-state index in [4.69, 9.17) is 0 Å². The fourth-order valence-corrected chi connectivity index (χ4v) is 2.68. The molecule has 5 nitrogen and oxygen atoms in total. The number of nitrogens with one attached hydrogen (secondary N) is 2. The van der Waals surface area contributed by atoms with E-state index in [1.54, 1.807) is 6.20 Å². The molecule has 3 aromatic rings. The Kier molecular flexibility index (Phi) is 3.96. The van der Waals surface area contributed by atoms with Crippen molar-refractivity contribution in [1.29, 1.82) is 0 Å². The van der Waals surface area contributed by atoms with Crippen molar-refractivity contribution in [3.63, 3.8) is 0 Å². The van der Waals surface area contributed by atoms with Crippen LogP contribution in [0.5, 0.6) is 0 Å². The lowest BCUT2D eigenvalue weighted by atomic mass is 10.1. The number of fused-ring (bicyclic) bond motifs is 1. The van der Waals surface area contributed by atoms with Gasteiger partial charge in [0, 0.05) is 11.6 Å². The molecule has 0 saturated carbocycles. The first-order valence-corrected chi connectivity index (χ1v) is 8.01. The van der Waals surface area contributed by atoms with Gasteiger partial charge in [0.15, 0.2) is 0 Å². The highest BCUT2D eigenvalue weighted by molar-refractivity contribution is 6.15. The first-order valence-electron chi connectivity index (χ1n) is 8.01. The number of rotatable bonds is 3. The maximum atomic E-state index is 12.1. The van der Waals surface area contributed by atoms with Gasteiger partial charge < -0.3 is 5.32 Å². The number of benzene rings is 2. The van der Waals surface area contributed by atoms with E-state index in [9.17, 15) is 4.79 Å². The molecule has 5 heteroatoms. The SMILES string of the molecule is O=C1NC(=NCc2ccccc2)N/C1=C\c1ccc2ncccc2c1. The molecule has 0 spiro atoms. The van der Waals surface area contributed by atoms with E-state index in [0.29, 0.717) is 18.2 Å². The Morgan fingerprint density at radius 1 is 1.00 bits per heavy atom. The van der Waals surface area contributed by atoms with Crippen LogP contribution in [0.25, 0.3) is 17.0 Å². The smallest absolute Gasteiger partial charge is 0.274 e. The van der Waals surface area contributed by atoms with Crippen LogP contribution in [0.4, 0.5) is 0 Å². The Morgan fingerprint density at radius 2 is 1.88 bits per heavy atom. The summed E-state index contributed by atoms with van der Waals surface area (Å²) in [5, 5.41) is 6.83. The number of hydrogen-bond acceptors (Lipinski definition) is 3. The zero-order chi connectivity index (χ0) is 17.1. The number of aliphatic imine (C=N–C) groups is 1. The van der Waals surface area contributed by atoms with E-state index in [0.717, 1.165) is 22.0 Å². The molecule has 0 aliphatic carbocycles. The van der Waals surface area contributed by atoms with Crippen LogP contribution in [0.15, 0.2) is 77.5 Å². The van der Waals surface area contributed by atoms with Crippen molar-refractivity contribution in [1.82, 2.24) is 15.6 Å². The first-order chi connectivity index (χ1) is 12.3. The van der Waals surface area contributed by atoms with Crippen LogP contribution in [-0.2, 0) is 11.3 Å². The molecule has 0 bridgehead atoms. The van der Waals surface area contributed by atoms with Gasteiger partial charge in [-0.1, -0.05) is 42.5 Å². The van der Waals surface area contributed by atoms with Crippen molar-refractivity contribution in [3.05, 3.63) is 83.7 Å². The summed E-state index contributed by atoms with van der Waals surface area (Å²) in [6.07, 6.45) is 3.58. The van der Waals surface area contributed by atoms with Crippen molar-refractivity contribution in [2.24, 2.45) is 4.99 Å². The van der Waals surface area contributed by atoms with E-state index < -0.39 is 0 Å². The number of carbonyl (C=O) groups is 1. The molecule has 4 rings (SSSR count). The highest BCUT2D eigenvalue weighted by atomic mass is 16.2. The van der Waals surface area contributed by atoms with E-state index in [2.05, 4.69) is 20.6 Å². The van der Waals surface area contributed by atoms with Gasteiger partial charge in [-0.3, -0.25) is 15.1 Å². The van der Waals surface area contributed by atoms with Crippen LogP contribution in [0.3, 0.4) is 0 Å². The minimum absolute atomic E-state index is 0.182. The Balaban J connectivity index is 1.54. The van der Waals surface area contributed by atoms with E-state index in [1.165, 1.54) is 0 Å². The van der Waals surface area contributed by atoms with Crippen LogP contribution < -0.4 is 10.6 Å². The average molecular weight is 328 g/mol. The summed E-state index contributed by atoms with van der Waals surface area (Å²) in [6, 6.07) is 19.7. The zero-order valence-corrected chi connectivity index (χ0v) is 13.4. The van der Waals surface area contributed by atoms with Crippen LogP contribution in [0, 0.1) is 0 Å². The molecule has 1 amide bonds. The first kappa shape index (κ1) is 15.1. The van der Waals surface area contributed by atoms with Gasteiger partial charge in [-0.05, 0) is 35.4 Å². The van der Waals surface area contributed by atoms with E-state index in [-0.39, 0.29) is 5.91 Å². The topological polar surface area (TPSA) is 66.4 Å². The zero-order valence-electron chi connectivity index (χ0n) is 13.4. The number of amides is 1. The molecule has 0 unspecified atom stereocenters. The van der Waals surface area contributed by atoms with Crippen molar-refractivity contribution in [2.45, 2.75) is 6.54 Å². The fourth-order valence-electron chi connectivity index (χ4n) is 2.68. The van der Waals surface area contributed by atoms with Crippen molar-refractivity contribution >= 4 is 28.8 Å². The maximum absolute atomic E-state index is 12.1. The predicted octanol–water partition coefficient (Wildman–Crippen LogP) is 2.85. The summed E-state index contributed by atoms with van der Waals surface area (Å²) in [6.45, 7) is 0.512. The van der Waals surface area contributed by atoms with E-state index in [1.807, 2.05) is 66.7 Å². The molecule has 2 N–H and O–H groups in total. The quantitative estimate of drug-likeness (QED) is 0.727. The summed E-state index contributed by atoms with van der Waals surface area (Å²) >= 11 is 0. The molecule has 1 aliphatic rings. The second-order valence-electron chi connectivity index (χ2n) is 5.74. The molecule has 1 aromatic heterocycles. The van der Waals surface area contributed by atoms with Crippen molar-refractivity contribution in [2.75, 3.05) is 0 Å². The number of aromatic nitrogens is 1. The molecule has 1 aliphatic heterocycles. The van der Waals surface area contributed by atoms with Gasteiger partial charge in [0.25, 0.3) is 5.91 Å². The number of pyridine rings is 1. The number of guanidine groups is 1. The van der Waals surface area contributed by atoms with E-state index >= 15 is 0 Å². The molecule has 0 atom stereocenters. The minimum Gasteiger partial charge on any atom is -0.321 e. The molecule has 25 heavy (non-hydrogen) atoms. The largest absolute Gasteiger partial charge is 0.321 e. The molecular formula is C20H16N4O. The number of carbonyl (C=O) groups excluding carboxylic acids is 1. The minimum atomic E-state index is -0.182. The Hall–Kier alpha value is -3.47. The average Bonchev–Trinajstić information content (AvgIpc) is 3.00. The Bertz CT molecular complexity index is 993. The molecular weight excluding hydrogens is 312 g/mol. The summed E-state index contributed by atoms with van der Waals surface area (Å²) in [5.41, 5.74) is 3.43. The van der Waals surface area contributed by atoms with Gasteiger partial charge >= 0.3 is 0 Å². The van der Waals surface area contributed by atoms with Crippen LogP contribution in [0.1, 0.15) is 11.1 Å². The summed E-state index contributed by atoms with van der Waals surface area (Å²) in [5.74, 6) is 0.292. The summed E-state index contributed by atoms with van der Waals surface area (Å²) in [4.78, 5) is 20.8. The molecule has 0 radical (unpaired) electrons. The highest BCUT2D eigenvalue weighted by Gasteiger charge is 2.21.